The Labute approximate surface area is 78.1 Å². The van der Waals surface area contributed by atoms with Crippen LogP contribution < -0.4 is 11.1 Å². The van der Waals surface area contributed by atoms with Crippen molar-refractivity contribution in [1.82, 2.24) is 5.32 Å². The molecule has 3 rings (SSSR count). The Morgan fingerprint density at radius 1 is 1.23 bits per heavy atom. The van der Waals surface area contributed by atoms with E-state index in [1.165, 1.54) is 30.4 Å². The van der Waals surface area contributed by atoms with E-state index in [4.69, 9.17) is 5.73 Å². The Morgan fingerprint density at radius 2 is 2.08 bits per heavy atom. The highest BCUT2D eigenvalue weighted by Gasteiger charge is 2.44. The van der Waals surface area contributed by atoms with Crippen LogP contribution in [0.15, 0.2) is 18.2 Å². The molecule has 1 aliphatic carbocycles. The summed E-state index contributed by atoms with van der Waals surface area (Å²) in [6.07, 6.45) is 3.89. The van der Waals surface area contributed by atoms with Crippen molar-refractivity contribution in [3.63, 3.8) is 0 Å². The maximum atomic E-state index is 5.74. The third-order valence-electron chi connectivity index (χ3n) is 3.27. The Bertz CT molecular complexity index is 353. The van der Waals surface area contributed by atoms with Crippen LogP contribution in [0, 0.1) is 0 Å². The van der Waals surface area contributed by atoms with Crippen LogP contribution in [0.5, 0.6) is 0 Å². The number of nitrogens with one attached hydrogen (secondary N) is 1. The van der Waals surface area contributed by atoms with Gasteiger partial charge in [0.25, 0.3) is 0 Å². The molecular weight excluding hydrogens is 160 g/mol. The number of benzene rings is 1. The summed E-state index contributed by atoms with van der Waals surface area (Å²) in [5, 5.41) is 3.60. The van der Waals surface area contributed by atoms with Crippen LogP contribution in [0.2, 0.25) is 0 Å². The maximum absolute atomic E-state index is 5.74. The first-order valence-electron chi connectivity index (χ1n) is 4.90. The highest BCUT2D eigenvalue weighted by atomic mass is 15.0. The Morgan fingerprint density at radius 3 is 2.85 bits per heavy atom. The molecule has 1 spiro atoms. The van der Waals surface area contributed by atoms with Crippen molar-refractivity contribution in [2.24, 2.45) is 0 Å². The van der Waals surface area contributed by atoms with Crippen molar-refractivity contribution in [2.45, 2.75) is 31.3 Å². The molecule has 1 fully saturated rings. The SMILES string of the molecule is Nc1ccc2c(c1)CNC1(CC1)C2. The monoisotopic (exact) mass is 174 g/mol. The quantitative estimate of drug-likeness (QED) is 0.584. The molecule has 3 N–H and O–H groups in total. The minimum atomic E-state index is 0.475. The van der Waals surface area contributed by atoms with Gasteiger partial charge in [-0.05, 0) is 42.5 Å². The molecule has 0 radical (unpaired) electrons. The van der Waals surface area contributed by atoms with E-state index in [-0.39, 0.29) is 0 Å². The minimum absolute atomic E-state index is 0.475. The summed E-state index contributed by atoms with van der Waals surface area (Å²) < 4.78 is 0. The van der Waals surface area contributed by atoms with Gasteiger partial charge in [0.2, 0.25) is 0 Å². The van der Waals surface area contributed by atoms with E-state index in [1.54, 1.807) is 0 Å². The van der Waals surface area contributed by atoms with Crippen molar-refractivity contribution < 1.29 is 0 Å². The lowest BCUT2D eigenvalue weighted by Gasteiger charge is -2.26. The predicted molar refractivity (Wildman–Crippen MR) is 53.4 cm³/mol. The molecule has 2 aliphatic rings. The van der Waals surface area contributed by atoms with Crippen LogP contribution in [-0.2, 0) is 13.0 Å². The van der Waals surface area contributed by atoms with Crippen molar-refractivity contribution in [3.8, 4) is 0 Å². The van der Waals surface area contributed by atoms with Crippen molar-refractivity contribution >= 4 is 5.69 Å². The molecule has 0 saturated heterocycles. The van der Waals surface area contributed by atoms with Crippen molar-refractivity contribution in [2.75, 3.05) is 5.73 Å². The normalized spacial score (nSPS) is 22.8. The smallest absolute Gasteiger partial charge is 0.0317 e. The summed E-state index contributed by atoms with van der Waals surface area (Å²) >= 11 is 0. The number of rotatable bonds is 0. The molecule has 68 valence electrons. The van der Waals surface area contributed by atoms with Gasteiger partial charge in [0.15, 0.2) is 0 Å². The van der Waals surface area contributed by atoms with Gasteiger partial charge >= 0.3 is 0 Å². The molecule has 2 nitrogen and oxygen atoms in total. The lowest BCUT2D eigenvalue weighted by atomic mass is 9.94. The van der Waals surface area contributed by atoms with Gasteiger partial charge in [-0.15, -0.1) is 0 Å². The molecular formula is C11H14N2. The number of nitrogen functional groups attached to an aromatic ring is 1. The highest BCUT2D eigenvalue weighted by Crippen LogP contribution is 2.42. The van der Waals surface area contributed by atoms with Crippen molar-refractivity contribution in [3.05, 3.63) is 29.3 Å². The van der Waals surface area contributed by atoms with Gasteiger partial charge in [0.1, 0.15) is 0 Å². The minimum Gasteiger partial charge on any atom is -0.399 e. The van der Waals surface area contributed by atoms with E-state index in [0.29, 0.717) is 5.54 Å². The largest absolute Gasteiger partial charge is 0.399 e. The molecule has 0 bridgehead atoms. The molecule has 1 aromatic rings. The van der Waals surface area contributed by atoms with Gasteiger partial charge in [-0.3, -0.25) is 0 Å². The van der Waals surface area contributed by atoms with Crippen LogP contribution in [0.1, 0.15) is 24.0 Å². The zero-order valence-electron chi connectivity index (χ0n) is 7.64. The van der Waals surface area contributed by atoms with E-state index in [2.05, 4.69) is 17.4 Å². The molecule has 1 aliphatic heterocycles. The predicted octanol–water partition coefficient (Wildman–Crippen LogP) is 1.45. The van der Waals surface area contributed by atoms with Gasteiger partial charge in [0, 0.05) is 17.8 Å². The summed E-state index contributed by atoms with van der Waals surface area (Å²) in [6.45, 7) is 1.00. The van der Waals surface area contributed by atoms with Crippen molar-refractivity contribution in [1.29, 1.82) is 0 Å². The molecule has 0 atom stereocenters. The topological polar surface area (TPSA) is 38.0 Å². The van der Waals surface area contributed by atoms with Crippen LogP contribution in [0.4, 0.5) is 5.69 Å². The number of hydrogen-bond acceptors (Lipinski definition) is 2. The molecule has 0 aromatic heterocycles. The first-order valence-corrected chi connectivity index (χ1v) is 4.90. The molecule has 13 heavy (non-hydrogen) atoms. The van der Waals surface area contributed by atoms with E-state index < -0.39 is 0 Å². The fourth-order valence-electron chi connectivity index (χ4n) is 2.20. The third-order valence-corrected chi connectivity index (χ3v) is 3.27. The molecule has 1 aromatic carbocycles. The second-order valence-electron chi connectivity index (χ2n) is 4.34. The Kier molecular flexibility index (Phi) is 1.29. The highest BCUT2D eigenvalue weighted by molar-refractivity contribution is 5.46. The van der Waals surface area contributed by atoms with E-state index in [0.717, 1.165) is 12.2 Å². The number of nitrogens with two attached hydrogens (primary N) is 1. The first-order chi connectivity index (χ1) is 6.27. The number of fused-ring (bicyclic) bond motifs is 1. The number of hydrogen-bond donors (Lipinski definition) is 2. The molecule has 1 saturated carbocycles. The van der Waals surface area contributed by atoms with Crippen LogP contribution >= 0.6 is 0 Å². The zero-order chi connectivity index (χ0) is 8.89. The fourth-order valence-corrected chi connectivity index (χ4v) is 2.20. The summed E-state index contributed by atoms with van der Waals surface area (Å²) in [5.41, 5.74) is 9.97. The summed E-state index contributed by atoms with van der Waals surface area (Å²) in [7, 11) is 0. The Hall–Kier alpha value is -1.02. The lowest BCUT2D eigenvalue weighted by Crippen LogP contribution is -2.37. The van der Waals surface area contributed by atoms with Gasteiger partial charge in [0.05, 0.1) is 0 Å². The van der Waals surface area contributed by atoms with Gasteiger partial charge in [-0.2, -0.15) is 0 Å². The summed E-state index contributed by atoms with van der Waals surface area (Å²) in [5.74, 6) is 0. The van der Waals surface area contributed by atoms with Gasteiger partial charge < -0.3 is 11.1 Å². The summed E-state index contributed by atoms with van der Waals surface area (Å²) in [4.78, 5) is 0. The average molecular weight is 174 g/mol. The lowest BCUT2D eigenvalue weighted by molar-refractivity contribution is 0.464. The molecule has 0 amide bonds. The van der Waals surface area contributed by atoms with E-state index >= 15 is 0 Å². The second kappa shape index (κ2) is 2.26. The fraction of sp³-hybridized carbons (Fsp3) is 0.455. The van der Waals surface area contributed by atoms with E-state index in [9.17, 15) is 0 Å². The van der Waals surface area contributed by atoms with Crippen LogP contribution in [-0.4, -0.2) is 5.54 Å². The Balaban J connectivity index is 2.00. The van der Waals surface area contributed by atoms with Gasteiger partial charge in [-0.1, -0.05) is 6.07 Å². The molecule has 0 unspecified atom stereocenters. The number of anilines is 1. The standard InChI is InChI=1S/C11H14N2/c12-10-2-1-8-6-11(3-4-11)13-7-9(8)5-10/h1-2,5,13H,3-4,6-7,12H2. The first kappa shape index (κ1) is 7.39. The average Bonchev–Trinajstić information content (AvgIpc) is 2.87. The molecule has 2 heteroatoms. The summed E-state index contributed by atoms with van der Waals surface area (Å²) in [6, 6.07) is 6.30. The zero-order valence-corrected chi connectivity index (χ0v) is 7.64. The van der Waals surface area contributed by atoms with Crippen LogP contribution in [0.3, 0.4) is 0 Å². The molecule has 1 heterocycles. The van der Waals surface area contributed by atoms with Crippen LogP contribution in [0.25, 0.3) is 0 Å². The second-order valence-corrected chi connectivity index (χ2v) is 4.34. The van der Waals surface area contributed by atoms with E-state index in [1.807, 2.05) is 6.07 Å². The third kappa shape index (κ3) is 1.13. The maximum Gasteiger partial charge on any atom is 0.0317 e. The van der Waals surface area contributed by atoms with Gasteiger partial charge in [-0.25, -0.2) is 0 Å².